The van der Waals surface area contributed by atoms with Crippen molar-refractivity contribution in [2.24, 2.45) is 5.92 Å². The van der Waals surface area contributed by atoms with Crippen LogP contribution in [0.5, 0.6) is 0 Å². The minimum atomic E-state index is -0.909. The van der Waals surface area contributed by atoms with Crippen LogP contribution in [0.4, 0.5) is 5.69 Å². The Balaban J connectivity index is 1.71. The van der Waals surface area contributed by atoms with Crippen molar-refractivity contribution in [2.45, 2.75) is 32.9 Å². The van der Waals surface area contributed by atoms with Crippen LogP contribution < -0.4 is 5.32 Å². The van der Waals surface area contributed by atoms with E-state index >= 15 is 0 Å². The van der Waals surface area contributed by atoms with Gasteiger partial charge in [-0.3, -0.25) is 0 Å². The molecular weight excluding hydrogens is 306 g/mol. The number of nitrogens with zero attached hydrogens (tertiary/aromatic N) is 2. The van der Waals surface area contributed by atoms with Crippen LogP contribution in [0.25, 0.3) is 0 Å². The Morgan fingerprint density at radius 1 is 1.46 bits per heavy atom. The minimum Gasteiger partial charge on any atom is -0.478 e. The molecule has 1 aliphatic heterocycles. The number of carboxylic acids is 1. The van der Waals surface area contributed by atoms with Gasteiger partial charge in [0.05, 0.1) is 5.56 Å². The molecule has 0 saturated carbocycles. The van der Waals surface area contributed by atoms with Crippen LogP contribution in [-0.4, -0.2) is 33.8 Å². The van der Waals surface area contributed by atoms with Crippen LogP contribution in [0.15, 0.2) is 30.6 Å². The second-order valence-corrected chi connectivity index (χ2v) is 6.19. The monoisotopic (exact) mass is 329 g/mol. The van der Waals surface area contributed by atoms with E-state index in [4.69, 9.17) is 4.74 Å². The number of imidazole rings is 1. The van der Waals surface area contributed by atoms with E-state index in [0.717, 1.165) is 43.2 Å². The second kappa shape index (κ2) is 7.05. The summed E-state index contributed by atoms with van der Waals surface area (Å²) in [4.78, 5) is 15.6. The first-order valence-corrected chi connectivity index (χ1v) is 8.30. The van der Waals surface area contributed by atoms with Gasteiger partial charge in [-0.2, -0.15) is 0 Å². The highest BCUT2D eigenvalue weighted by Crippen LogP contribution is 2.34. The Morgan fingerprint density at radius 3 is 3.04 bits per heavy atom. The highest BCUT2D eigenvalue weighted by Gasteiger charge is 2.32. The Kier molecular flexibility index (Phi) is 4.85. The molecule has 2 aromatic rings. The lowest BCUT2D eigenvalue weighted by Gasteiger charge is -2.20. The van der Waals surface area contributed by atoms with Gasteiger partial charge < -0.3 is 19.7 Å². The van der Waals surface area contributed by atoms with Crippen LogP contribution >= 0.6 is 0 Å². The lowest BCUT2D eigenvalue weighted by molar-refractivity contribution is 0.0696. The topological polar surface area (TPSA) is 76.4 Å². The van der Waals surface area contributed by atoms with Crippen molar-refractivity contribution in [3.8, 4) is 0 Å². The standard InChI is InChI=1S/C18H23N3O3/c1-3-21-6-5-19-17(21)16-13(4-7-24-16)11-20-15-9-12(2)8-14(10-15)18(22)23/h5-6,8-10,13,16,20H,3-4,7,11H2,1-2H3,(H,22,23)/t13-,16+/m0/s1. The first-order chi connectivity index (χ1) is 11.6. The number of aromatic carboxylic acids is 1. The third-order valence-electron chi connectivity index (χ3n) is 4.45. The molecule has 2 atom stereocenters. The summed E-state index contributed by atoms with van der Waals surface area (Å²) < 4.78 is 8.02. The molecule has 2 N–H and O–H groups in total. The number of aromatic nitrogens is 2. The zero-order valence-electron chi connectivity index (χ0n) is 14.0. The quantitative estimate of drug-likeness (QED) is 0.851. The SMILES string of the molecule is CCn1ccnc1[C@@H]1OCC[C@H]1CNc1cc(C)cc(C(=O)O)c1. The molecule has 3 rings (SSSR count). The molecule has 0 radical (unpaired) electrons. The number of hydrogen-bond donors (Lipinski definition) is 2. The molecule has 6 nitrogen and oxygen atoms in total. The number of carbonyl (C=O) groups is 1. The number of anilines is 1. The van der Waals surface area contributed by atoms with Crippen molar-refractivity contribution >= 4 is 11.7 Å². The fourth-order valence-electron chi connectivity index (χ4n) is 3.23. The highest BCUT2D eigenvalue weighted by atomic mass is 16.5. The Hall–Kier alpha value is -2.34. The Labute approximate surface area is 141 Å². The van der Waals surface area contributed by atoms with Crippen molar-refractivity contribution in [2.75, 3.05) is 18.5 Å². The van der Waals surface area contributed by atoms with E-state index in [-0.39, 0.29) is 6.10 Å². The summed E-state index contributed by atoms with van der Waals surface area (Å²) in [6.07, 6.45) is 4.73. The first-order valence-electron chi connectivity index (χ1n) is 8.30. The van der Waals surface area contributed by atoms with Gasteiger partial charge in [0.25, 0.3) is 0 Å². The van der Waals surface area contributed by atoms with Gasteiger partial charge in [0.2, 0.25) is 0 Å². The number of carboxylic acid groups (broad SMARTS) is 1. The number of benzene rings is 1. The molecule has 0 amide bonds. The average molecular weight is 329 g/mol. The number of rotatable bonds is 6. The molecule has 1 aromatic heterocycles. The molecule has 128 valence electrons. The van der Waals surface area contributed by atoms with E-state index in [1.165, 1.54) is 0 Å². The summed E-state index contributed by atoms with van der Waals surface area (Å²) in [7, 11) is 0. The van der Waals surface area contributed by atoms with Gasteiger partial charge in [-0.05, 0) is 44.0 Å². The third kappa shape index (κ3) is 3.43. The van der Waals surface area contributed by atoms with Crippen molar-refractivity contribution in [1.29, 1.82) is 0 Å². The summed E-state index contributed by atoms with van der Waals surface area (Å²) in [6.45, 7) is 6.31. The summed E-state index contributed by atoms with van der Waals surface area (Å²) >= 11 is 0. The summed E-state index contributed by atoms with van der Waals surface area (Å²) in [5.74, 6) is 0.373. The minimum absolute atomic E-state index is 0.0174. The molecule has 0 unspecified atom stereocenters. The Bertz CT molecular complexity index is 726. The fourth-order valence-corrected chi connectivity index (χ4v) is 3.23. The predicted molar refractivity (Wildman–Crippen MR) is 91.3 cm³/mol. The van der Waals surface area contributed by atoms with E-state index in [9.17, 15) is 9.90 Å². The van der Waals surface area contributed by atoms with Crippen molar-refractivity contribution in [3.05, 3.63) is 47.5 Å². The van der Waals surface area contributed by atoms with Gasteiger partial charge in [0.1, 0.15) is 11.9 Å². The molecule has 0 aliphatic carbocycles. The van der Waals surface area contributed by atoms with Gasteiger partial charge in [0.15, 0.2) is 0 Å². The number of ether oxygens (including phenoxy) is 1. The van der Waals surface area contributed by atoms with Gasteiger partial charge >= 0.3 is 5.97 Å². The maximum absolute atomic E-state index is 11.2. The van der Waals surface area contributed by atoms with Crippen LogP contribution in [0.3, 0.4) is 0 Å². The molecule has 0 bridgehead atoms. The summed E-state index contributed by atoms with van der Waals surface area (Å²) in [6, 6.07) is 5.31. The molecule has 1 saturated heterocycles. The first kappa shape index (κ1) is 16.5. The van der Waals surface area contributed by atoms with Crippen LogP contribution in [-0.2, 0) is 11.3 Å². The zero-order chi connectivity index (χ0) is 17.1. The molecule has 1 aromatic carbocycles. The lowest BCUT2D eigenvalue weighted by Crippen LogP contribution is -2.20. The molecular formula is C18H23N3O3. The van der Waals surface area contributed by atoms with Gasteiger partial charge in [-0.25, -0.2) is 9.78 Å². The van der Waals surface area contributed by atoms with Gasteiger partial charge in [0, 0.05) is 43.7 Å². The smallest absolute Gasteiger partial charge is 0.335 e. The highest BCUT2D eigenvalue weighted by molar-refractivity contribution is 5.89. The fraction of sp³-hybridized carbons (Fsp3) is 0.444. The van der Waals surface area contributed by atoms with E-state index in [1.54, 1.807) is 12.1 Å². The lowest BCUT2D eigenvalue weighted by atomic mass is 10.0. The van der Waals surface area contributed by atoms with E-state index in [1.807, 2.05) is 25.4 Å². The molecule has 24 heavy (non-hydrogen) atoms. The van der Waals surface area contributed by atoms with Gasteiger partial charge in [-0.1, -0.05) is 0 Å². The normalized spacial score (nSPS) is 20.2. The molecule has 1 aliphatic rings. The van der Waals surface area contributed by atoms with Crippen molar-refractivity contribution in [1.82, 2.24) is 9.55 Å². The van der Waals surface area contributed by atoms with E-state index in [2.05, 4.69) is 21.8 Å². The number of aryl methyl sites for hydroxylation is 2. The molecule has 1 fully saturated rings. The van der Waals surface area contributed by atoms with Crippen LogP contribution in [0.2, 0.25) is 0 Å². The van der Waals surface area contributed by atoms with Crippen LogP contribution in [0.1, 0.15) is 41.2 Å². The summed E-state index contributed by atoms with van der Waals surface area (Å²) in [5.41, 5.74) is 2.06. The van der Waals surface area contributed by atoms with E-state index in [0.29, 0.717) is 11.5 Å². The van der Waals surface area contributed by atoms with E-state index < -0.39 is 5.97 Å². The molecule has 6 heteroatoms. The average Bonchev–Trinajstić information content (AvgIpc) is 3.20. The Morgan fingerprint density at radius 2 is 2.29 bits per heavy atom. The maximum Gasteiger partial charge on any atom is 0.335 e. The summed E-state index contributed by atoms with van der Waals surface area (Å²) in [5, 5.41) is 12.6. The van der Waals surface area contributed by atoms with Crippen molar-refractivity contribution in [3.63, 3.8) is 0 Å². The number of nitrogens with one attached hydrogen (secondary N) is 1. The third-order valence-corrected chi connectivity index (χ3v) is 4.45. The molecule has 0 spiro atoms. The largest absolute Gasteiger partial charge is 0.478 e. The predicted octanol–water partition coefficient (Wildman–Crippen LogP) is 3.10. The zero-order valence-corrected chi connectivity index (χ0v) is 14.0. The molecule has 2 heterocycles. The second-order valence-electron chi connectivity index (χ2n) is 6.19. The number of hydrogen-bond acceptors (Lipinski definition) is 4. The van der Waals surface area contributed by atoms with Gasteiger partial charge in [-0.15, -0.1) is 0 Å². The van der Waals surface area contributed by atoms with Crippen molar-refractivity contribution < 1.29 is 14.6 Å². The maximum atomic E-state index is 11.2. The van der Waals surface area contributed by atoms with Crippen LogP contribution in [0, 0.1) is 12.8 Å².